The van der Waals surface area contributed by atoms with Gasteiger partial charge in [0.05, 0.1) is 33.8 Å². The third-order valence-electron chi connectivity index (χ3n) is 4.05. The second kappa shape index (κ2) is 4.97. The van der Waals surface area contributed by atoms with Crippen molar-refractivity contribution in [3.05, 3.63) is 18.3 Å². The van der Waals surface area contributed by atoms with Gasteiger partial charge in [0, 0.05) is 31.9 Å². The highest BCUT2D eigenvalue weighted by Crippen LogP contribution is 2.36. The fourth-order valence-corrected chi connectivity index (χ4v) is 2.05. The minimum atomic E-state index is -3.14. The van der Waals surface area contributed by atoms with E-state index in [1.54, 1.807) is 0 Å². The van der Waals surface area contributed by atoms with Crippen molar-refractivity contribution in [2.24, 2.45) is 0 Å². The molecule has 0 saturated carbocycles. The molecule has 2 fully saturated rings. The number of rotatable bonds is 3. The van der Waals surface area contributed by atoms with Crippen molar-refractivity contribution in [2.75, 3.05) is 24.9 Å². The van der Waals surface area contributed by atoms with Crippen LogP contribution in [-0.4, -0.2) is 49.4 Å². The molecule has 0 bridgehead atoms. The van der Waals surface area contributed by atoms with Crippen LogP contribution in [0.15, 0.2) is 18.3 Å². The lowest BCUT2D eigenvalue weighted by molar-refractivity contribution is 0.00578. The highest BCUT2D eigenvalue weighted by molar-refractivity contribution is 6.61. The summed E-state index contributed by atoms with van der Waals surface area (Å²) in [6.07, 6.45) is -1.62. The monoisotopic (exact) mass is 298 g/mol. The highest BCUT2D eigenvalue weighted by atomic mass is 16.7. The Kier molecular flexibility index (Phi) is 1.88. The van der Waals surface area contributed by atoms with E-state index in [0.717, 1.165) is 0 Å². The second-order valence-electron chi connectivity index (χ2n) is 6.02. The van der Waals surface area contributed by atoms with Crippen molar-refractivity contribution >= 4 is 18.4 Å². The number of nitrogens with zero attached hydrogens (tertiary/aromatic N) is 2. The Bertz CT molecular complexity index is 785. The van der Waals surface area contributed by atoms with Crippen LogP contribution >= 0.6 is 0 Å². The van der Waals surface area contributed by atoms with E-state index in [0.29, 0.717) is 10.5 Å². The quantitative estimate of drug-likeness (QED) is 0.785. The van der Waals surface area contributed by atoms with E-state index in [-0.39, 0.29) is 5.69 Å². The van der Waals surface area contributed by atoms with Crippen LogP contribution in [-0.2, 0) is 14.0 Å². The van der Waals surface area contributed by atoms with E-state index >= 15 is 0 Å². The number of hydrogen-bond donors (Lipinski definition) is 0. The molecule has 5 nitrogen and oxygen atoms in total. The lowest BCUT2D eigenvalue weighted by atomic mass is 9.84. The number of pyridine rings is 1. The molecule has 3 rings (SSSR count). The van der Waals surface area contributed by atoms with Crippen LogP contribution in [0.4, 0.5) is 5.69 Å². The molecule has 1 aromatic heterocycles. The first kappa shape index (κ1) is 7.95. The zero-order valence-electron chi connectivity index (χ0n) is 20.4. The van der Waals surface area contributed by atoms with Crippen LogP contribution in [0.5, 0.6) is 0 Å². The van der Waals surface area contributed by atoms with Gasteiger partial charge in [-0.25, -0.2) is 0 Å². The molecule has 2 saturated heterocycles. The number of hydrogen-bond acceptors (Lipinski definition) is 5. The van der Waals surface area contributed by atoms with Gasteiger partial charge in [0.15, 0.2) is 0 Å². The summed E-state index contributed by atoms with van der Waals surface area (Å²) in [6, 6.07) is 2.76. The molecule has 1 aromatic rings. The molecule has 2 aliphatic rings. The topological polar surface area (TPSA) is 43.8 Å². The Balaban J connectivity index is 1.94. The molecule has 3 heterocycles. The van der Waals surface area contributed by atoms with Crippen molar-refractivity contribution in [3.63, 3.8) is 0 Å². The summed E-state index contributed by atoms with van der Waals surface area (Å²) in [7, 11) is -3.99. The van der Waals surface area contributed by atoms with Gasteiger partial charge in [0.2, 0.25) is 0 Å². The van der Waals surface area contributed by atoms with Crippen molar-refractivity contribution < 1.29 is 25.0 Å². The van der Waals surface area contributed by atoms with Crippen LogP contribution in [0.25, 0.3) is 0 Å². The maximum Gasteiger partial charge on any atom is 0.514 e. The molecular formula is C15H23BN2O3. The Morgan fingerprint density at radius 1 is 1.43 bits per heavy atom. The summed E-state index contributed by atoms with van der Waals surface area (Å²) in [5, 5.41) is 0. The van der Waals surface area contributed by atoms with Crippen LogP contribution in [0, 0.1) is 0 Å². The molecule has 6 heteroatoms. The molecule has 0 unspecified atom stereocenters. The smallest absolute Gasteiger partial charge is 0.398 e. The predicted octanol–water partition coefficient (Wildman–Crippen LogP) is 1.22. The predicted molar refractivity (Wildman–Crippen MR) is 83.0 cm³/mol. The van der Waals surface area contributed by atoms with Crippen molar-refractivity contribution in [2.45, 2.75) is 45.0 Å². The van der Waals surface area contributed by atoms with Gasteiger partial charge >= 0.3 is 7.12 Å². The van der Waals surface area contributed by atoms with Gasteiger partial charge in [-0.15, -0.1) is 0 Å². The fourth-order valence-electron chi connectivity index (χ4n) is 2.05. The summed E-state index contributed by atoms with van der Waals surface area (Å²) < 4.78 is 78.6. The molecule has 0 aromatic carbocycles. The summed E-state index contributed by atoms with van der Waals surface area (Å²) >= 11 is 0. The molecule has 0 aliphatic carbocycles. The number of anilines is 1. The minimum absolute atomic E-state index is 0.0525. The lowest BCUT2D eigenvalue weighted by Crippen LogP contribution is -2.52. The molecule has 0 atom stereocenters. The molecule has 0 spiro atoms. The van der Waals surface area contributed by atoms with Crippen LogP contribution in [0.2, 0.25) is 0 Å². The minimum Gasteiger partial charge on any atom is -0.398 e. The Morgan fingerprint density at radius 3 is 2.71 bits per heavy atom. The third-order valence-corrected chi connectivity index (χ3v) is 4.05. The molecule has 114 valence electrons. The van der Waals surface area contributed by atoms with Gasteiger partial charge in [0.25, 0.3) is 0 Å². The standard InChI is InChI=1S/C15H23BN2O3/c1-14(2)15(3,4)21-16(20-14)13-8-11(6-7-17-13)18-9-12(10-18)19-5/h6-8,12H,9-10H2,1-5H3/i5D3,9D2,10D2,12D. The average molecular weight is 298 g/mol. The average Bonchev–Trinajstić information content (AvgIpc) is 2.73. The van der Waals surface area contributed by atoms with Gasteiger partial charge < -0.3 is 18.9 Å². The van der Waals surface area contributed by atoms with Gasteiger partial charge in [-0.05, 0) is 39.8 Å². The zero-order chi connectivity index (χ0) is 22.3. The first-order chi connectivity index (χ1) is 12.9. The van der Waals surface area contributed by atoms with Crippen molar-refractivity contribution in [1.82, 2.24) is 4.98 Å². The molecule has 21 heavy (non-hydrogen) atoms. The fraction of sp³-hybridized carbons (Fsp3) is 0.667. The van der Waals surface area contributed by atoms with Gasteiger partial charge in [-0.2, -0.15) is 0 Å². The van der Waals surface area contributed by atoms with E-state index in [1.165, 1.54) is 18.3 Å². The molecular weight excluding hydrogens is 267 g/mol. The molecule has 0 N–H and O–H groups in total. The largest absolute Gasteiger partial charge is 0.514 e. The highest BCUT2D eigenvalue weighted by Gasteiger charge is 2.52. The summed E-state index contributed by atoms with van der Waals surface area (Å²) in [4.78, 5) is 4.86. The van der Waals surface area contributed by atoms with Gasteiger partial charge in [-0.1, -0.05) is 0 Å². The van der Waals surface area contributed by atoms with Gasteiger partial charge in [-0.3, -0.25) is 4.98 Å². The zero-order valence-corrected chi connectivity index (χ0v) is 12.4. The normalized spacial score (nSPS) is 36.8. The van der Waals surface area contributed by atoms with Crippen molar-refractivity contribution in [1.29, 1.82) is 0 Å². The first-order valence-corrected chi connectivity index (χ1v) is 6.68. The molecule has 0 amide bonds. The summed E-state index contributed by atoms with van der Waals surface area (Å²) in [5.41, 5.74) is -0.901. The Hall–Kier alpha value is -1.11. The third kappa shape index (κ3) is 2.56. The Labute approximate surface area is 138 Å². The SMILES string of the molecule is [2H]C([2H])([2H])OC1([2H])C([2H])([2H])N(c2ccnc(B3OC(C)(C)C(C)(C)O3)c2)C1([2H])[2H]. The van der Waals surface area contributed by atoms with E-state index in [9.17, 15) is 0 Å². The number of ether oxygens (including phenoxy) is 1. The lowest BCUT2D eigenvalue weighted by Gasteiger charge is -2.40. The summed E-state index contributed by atoms with van der Waals surface area (Å²) in [5.74, 6) is 0. The molecule has 2 aliphatic heterocycles. The maximum absolute atomic E-state index is 8.16. The van der Waals surface area contributed by atoms with Crippen LogP contribution < -0.4 is 10.5 Å². The molecule has 0 radical (unpaired) electrons. The summed E-state index contributed by atoms with van der Waals surface area (Å²) in [6.45, 7) is 1.93. The van der Waals surface area contributed by atoms with Crippen molar-refractivity contribution in [3.8, 4) is 0 Å². The number of aromatic nitrogens is 1. The van der Waals surface area contributed by atoms with E-state index in [2.05, 4.69) is 9.72 Å². The first-order valence-electron chi connectivity index (χ1n) is 10.7. The van der Waals surface area contributed by atoms with E-state index in [4.69, 9.17) is 20.3 Å². The van der Waals surface area contributed by atoms with E-state index in [1.807, 2.05) is 27.7 Å². The van der Waals surface area contributed by atoms with Crippen LogP contribution in [0.3, 0.4) is 0 Å². The Morgan fingerprint density at radius 2 is 2.10 bits per heavy atom. The second-order valence-corrected chi connectivity index (χ2v) is 6.02. The maximum atomic E-state index is 8.16. The van der Waals surface area contributed by atoms with E-state index < -0.39 is 44.4 Å². The van der Waals surface area contributed by atoms with Crippen LogP contribution in [0.1, 0.15) is 38.7 Å². The number of methoxy groups -OCH3 is 1. The van der Waals surface area contributed by atoms with Gasteiger partial charge in [0.1, 0.15) is 0 Å².